The molecule has 2 heteroatoms. The van der Waals surface area contributed by atoms with E-state index in [1.807, 2.05) is 18.2 Å². The topological polar surface area (TPSA) is 37.3 Å². The zero-order valence-electron chi connectivity index (χ0n) is 14.2. The van der Waals surface area contributed by atoms with Crippen LogP contribution in [0, 0.1) is 0 Å². The van der Waals surface area contributed by atoms with Gasteiger partial charge < -0.3 is 5.11 Å². The minimum Gasteiger partial charge on any atom is -0.478 e. The van der Waals surface area contributed by atoms with E-state index in [4.69, 9.17) is 0 Å². The molecule has 4 rings (SSSR count). The second-order valence-electron chi connectivity index (χ2n) is 6.40. The standard InChI is InChI=1S/C24H18O2/c25-24(26)23-8-4-3-7-22(23)15-17-9-11-19(12-10-17)21-14-13-18-5-1-2-6-20(18)16-21/h1-14,16H,15H2,(H,25,26). The summed E-state index contributed by atoms with van der Waals surface area (Å²) >= 11 is 0. The fourth-order valence-electron chi connectivity index (χ4n) is 3.29. The quantitative estimate of drug-likeness (QED) is 0.511. The summed E-state index contributed by atoms with van der Waals surface area (Å²) in [6.45, 7) is 0. The van der Waals surface area contributed by atoms with E-state index in [-0.39, 0.29) is 0 Å². The molecule has 0 saturated heterocycles. The summed E-state index contributed by atoms with van der Waals surface area (Å²) in [6.07, 6.45) is 0.612. The molecule has 126 valence electrons. The zero-order valence-corrected chi connectivity index (χ0v) is 14.2. The second kappa shape index (κ2) is 6.85. The van der Waals surface area contributed by atoms with Crippen molar-refractivity contribution in [3.05, 3.63) is 108 Å². The molecule has 0 heterocycles. The van der Waals surface area contributed by atoms with Crippen molar-refractivity contribution in [1.82, 2.24) is 0 Å². The number of hydrogen-bond acceptors (Lipinski definition) is 1. The van der Waals surface area contributed by atoms with Crippen LogP contribution in [0.3, 0.4) is 0 Å². The molecular weight excluding hydrogens is 320 g/mol. The van der Waals surface area contributed by atoms with Gasteiger partial charge in [0.2, 0.25) is 0 Å². The molecule has 0 atom stereocenters. The van der Waals surface area contributed by atoms with Crippen LogP contribution in [0.5, 0.6) is 0 Å². The van der Waals surface area contributed by atoms with E-state index in [0.29, 0.717) is 12.0 Å². The summed E-state index contributed by atoms with van der Waals surface area (Å²) in [5.41, 5.74) is 4.64. The SMILES string of the molecule is O=C(O)c1ccccc1Cc1ccc(-c2ccc3ccccc3c2)cc1. The molecule has 0 fully saturated rings. The van der Waals surface area contributed by atoms with Crippen LogP contribution in [-0.2, 0) is 6.42 Å². The minimum absolute atomic E-state index is 0.367. The van der Waals surface area contributed by atoms with E-state index < -0.39 is 5.97 Å². The number of aromatic carboxylic acids is 1. The lowest BCUT2D eigenvalue weighted by Crippen LogP contribution is -2.02. The Morgan fingerprint density at radius 3 is 2.12 bits per heavy atom. The van der Waals surface area contributed by atoms with Gasteiger partial charge in [0.05, 0.1) is 5.56 Å². The number of fused-ring (bicyclic) bond motifs is 1. The van der Waals surface area contributed by atoms with Crippen molar-refractivity contribution in [1.29, 1.82) is 0 Å². The molecule has 1 N–H and O–H groups in total. The van der Waals surface area contributed by atoms with Crippen LogP contribution in [0.2, 0.25) is 0 Å². The Hall–Kier alpha value is -3.39. The fourth-order valence-corrected chi connectivity index (χ4v) is 3.29. The number of hydrogen-bond donors (Lipinski definition) is 1. The van der Waals surface area contributed by atoms with Gasteiger partial charge in [-0.1, -0.05) is 78.9 Å². The molecule has 0 aliphatic rings. The van der Waals surface area contributed by atoms with Crippen molar-refractivity contribution in [2.45, 2.75) is 6.42 Å². The van der Waals surface area contributed by atoms with Crippen LogP contribution < -0.4 is 0 Å². The van der Waals surface area contributed by atoms with E-state index in [0.717, 1.165) is 16.7 Å². The third-order valence-electron chi connectivity index (χ3n) is 4.68. The zero-order chi connectivity index (χ0) is 17.9. The Morgan fingerprint density at radius 1 is 0.692 bits per heavy atom. The third-order valence-corrected chi connectivity index (χ3v) is 4.68. The highest BCUT2D eigenvalue weighted by atomic mass is 16.4. The van der Waals surface area contributed by atoms with Crippen molar-refractivity contribution in [2.75, 3.05) is 0 Å². The summed E-state index contributed by atoms with van der Waals surface area (Å²) in [5.74, 6) is -0.881. The Labute approximate surface area is 152 Å². The monoisotopic (exact) mass is 338 g/mol. The molecule has 0 aliphatic heterocycles. The molecule has 26 heavy (non-hydrogen) atoms. The van der Waals surface area contributed by atoms with Crippen LogP contribution in [0.25, 0.3) is 21.9 Å². The molecule has 0 saturated carbocycles. The molecule has 4 aromatic carbocycles. The molecule has 0 aromatic heterocycles. The average Bonchev–Trinajstić information content (AvgIpc) is 2.68. The molecule has 4 aromatic rings. The fraction of sp³-hybridized carbons (Fsp3) is 0.0417. The lowest BCUT2D eigenvalue weighted by atomic mass is 9.97. The van der Waals surface area contributed by atoms with Crippen molar-refractivity contribution in [3.63, 3.8) is 0 Å². The Balaban J connectivity index is 1.61. The largest absolute Gasteiger partial charge is 0.478 e. The van der Waals surface area contributed by atoms with Crippen molar-refractivity contribution >= 4 is 16.7 Å². The lowest BCUT2D eigenvalue weighted by molar-refractivity contribution is 0.0696. The van der Waals surface area contributed by atoms with Crippen LogP contribution >= 0.6 is 0 Å². The highest BCUT2D eigenvalue weighted by molar-refractivity contribution is 5.89. The van der Waals surface area contributed by atoms with Crippen molar-refractivity contribution in [2.24, 2.45) is 0 Å². The van der Waals surface area contributed by atoms with E-state index >= 15 is 0 Å². The molecular formula is C24H18O2. The van der Waals surface area contributed by atoms with Crippen LogP contribution in [0.15, 0.2) is 91.0 Å². The molecule has 0 amide bonds. The highest BCUT2D eigenvalue weighted by Crippen LogP contribution is 2.25. The van der Waals surface area contributed by atoms with E-state index in [2.05, 4.69) is 60.7 Å². The average molecular weight is 338 g/mol. The summed E-state index contributed by atoms with van der Waals surface area (Å²) in [7, 11) is 0. The predicted molar refractivity (Wildman–Crippen MR) is 106 cm³/mol. The Bertz CT molecular complexity index is 1080. The molecule has 0 unspecified atom stereocenters. The van der Waals surface area contributed by atoms with Crippen molar-refractivity contribution in [3.8, 4) is 11.1 Å². The van der Waals surface area contributed by atoms with E-state index in [1.54, 1.807) is 12.1 Å². The maximum Gasteiger partial charge on any atom is 0.335 e. The number of carboxylic acids is 1. The number of carboxylic acid groups (broad SMARTS) is 1. The van der Waals surface area contributed by atoms with Gasteiger partial charge in [0.1, 0.15) is 0 Å². The lowest BCUT2D eigenvalue weighted by Gasteiger charge is -2.08. The summed E-state index contributed by atoms with van der Waals surface area (Å²) in [4.78, 5) is 11.4. The molecule has 0 aliphatic carbocycles. The van der Waals surface area contributed by atoms with Gasteiger partial charge in [0, 0.05) is 0 Å². The van der Waals surface area contributed by atoms with Gasteiger partial charge in [-0.25, -0.2) is 4.79 Å². The van der Waals surface area contributed by atoms with Crippen LogP contribution in [0.4, 0.5) is 0 Å². The van der Waals surface area contributed by atoms with Gasteiger partial charge >= 0.3 is 5.97 Å². The van der Waals surface area contributed by atoms with Crippen LogP contribution in [0.1, 0.15) is 21.5 Å². The van der Waals surface area contributed by atoms with Gasteiger partial charge in [0.15, 0.2) is 0 Å². The molecule has 0 spiro atoms. The van der Waals surface area contributed by atoms with E-state index in [9.17, 15) is 9.90 Å². The molecule has 0 radical (unpaired) electrons. The van der Waals surface area contributed by atoms with E-state index in [1.165, 1.54) is 16.3 Å². The number of carbonyl (C=O) groups is 1. The smallest absolute Gasteiger partial charge is 0.335 e. The normalized spacial score (nSPS) is 10.8. The first-order chi connectivity index (χ1) is 12.7. The minimum atomic E-state index is -0.881. The third kappa shape index (κ3) is 3.22. The van der Waals surface area contributed by atoms with Gasteiger partial charge in [0.25, 0.3) is 0 Å². The number of rotatable bonds is 4. The first-order valence-electron chi connectivity index (χ1n) is 8.60. The summed E-state index contributed by atoms with van der Waals surface area (Å²) in [5, 5.41) is 11.8. The summed E-state index contributed by atoms with van der Waals surface area (Å²) < 4.78 is 0. The first-order valence-corrected chi connectivity index (χ1v) is 8.60. The Kier molecular flexibility index (Phi) is 4.24. The Morgan fingerprint density at radius 2 is 1.35 bits per heavy atom. The first kappa shape index (κ1) is 16.1. The highest BCUT2D eigenvalue weighted by Gasteiger charge is 2.09. The summed E-state index contributed by atoms with van der Waals surface area (Å²) in [6, 6.07) is 30.3. The maximum atomic E-state index is 11.4. The molecule has 0 bridgehead atoms. The van der Waals surface area contributed by atoms with Gasteiger partial charge in [-0.15, -0.1) is 0 Å². The maximum absolute atomic E-state index is 11.4. The van der Waals surface area contributed by atoms with Crippen molar-refractivity contribution < 1.29 is 9.90 Å². The van der Waals surface area contributed by atoms with Crippen LogP contribution in [-0.4, -0.2) is 11.1 Å². The predicted octanol–water partition coefficient (Wildman–Crippen LogP) is 5.80. The number of benzene rings is 4. The van der Waals surface area contributed by atoms with Gasteiger partial charge in [-0.3, -0.25) is 0 Å². The molecule has 2 nitrogen and oxygen atoms in total. The van der Waals surface area contributed by atoms with Gasteiger partial charge in [-0.2, -0.15) is 0 Å². The second-order valence-corrected chi connectivity index (χ2v) is 6.40. The van der Waals surface area contributed by atoms with Gasteiger partial charge in [-0.05, 0) is 51.6 Å².